The van der Waals surface area contributed by atoms with E-state index in [1.165, 1.54) is 88.2 Å². The molecule has 0 bridgehead atoms. The molecule has 0 aromatic heterocycles. The molecule has 4 rings (SSSR count). The van der Waals surface area contributed by atoms with Gasteiger partial charge >= 0.3 is 0 Å². The molecule has 0 heterocycles. The van der Waals surface area contributed by atoms with Crippen LogP contribution in [0.2, 0.25) is 0 Å². The van der Waals surface area contributed by atoms with Gasteiger partial charge in [-0.1, -0.05) is 36.5 Å². The van der Waals surface area contributed by atoms with Crippen LogP contribution in [-0.4, -0.2) is 13.2 Å². The summed E-state index contributed by atoms with van der Waals surface area (Å²) in [6.07, 6.45) is 29.7. The van der Waals surface area contributed by atoms with Gasteiger partial charge in [0.1, 0.15) is 0 Å². The van der Waals surface area contributed by atoms with Gasteiger partial charge in [0.25, 0.3) is 0 Å². The summed E-state index contributed by atoms with van der Waals surface area (Å²) in [5, 5.41) is 0. The van der Waals surface area contributed by atoms with Gasteiger partial charge in [-0.15, -0.1) is 0 Å². The molecule has 0 amide bonds. The predicted molar refractivity (Wildman–Crippen MR) is 115 cm³/mol. The molecule has 144 valence electrons. The zero-order valence-corrected chi connectivity index (χ0v) is 16.8. The van der Waals surface area contributed by atoms with Gasteiger partial charge in [0.15, 0.2) is 0 Å². The number of rotatable bonds is 8. The number of hydrogen-bond donors (Lipinski definition) is 0. The van der Waals surface area contributed by atoms with E-state index in [4.69, 9.17) is 4.74 Å². The molecule has 0 radical (unpaired) electrons. The molecule has 0 aromatic rings. The standard InChI is InChI=1S/C26H34O/c1-2-10-21(9-1)25(22-11-3-4-12-22)17-19-27-20-18-26(23-13-5-6-14-23)24-15-7-8-16-24/h9,11,13,15,17-18H,1-8,10,12,14,16,19-20H2. The lowest BCUT2D eigenvalue weighted by molar-refractivity contribution is 0.193. The third-order valence-electron chi connectivity index (χ3n) is 6.36. The lowest BCUT2D eigenvalue weighted by Crippen LogP contribution is -1.99. The summed E-state index contributed by atoms with van der Waals surface area (Å²) < 4.78 is 6.07. The predicted octanol–water partition coefficient (Wildman–Crippen LogP) is 7.30. The van der Waals surface area contributed by atoms with Crippen molar-refractivity contribution in [3.05, 3.63) is 69.9 Å². The molecule has 0 N–H and O–H groups in total. The zero-order chi connectivity index (χ0) is 18.3. The van der Waals surface area contributed by atoms with E-state index in [2.05, 4.69) is 36.5 Å². The average molecular weight is 363 g/mol. The summed E-state index contributed by atoms with van der Waals surface area (Å²) in [6, 6.07) is 0. The minimum atomic E-state index is 0.728. The summed E-state index contributed by atoms with van der Waals surface area (Å²) in [5.74, 6) is 0. The van der Waals surface area contributed by atoms with Gasteiger partial charge in [-0.05, 0) is 110 Å². The second-order valence-electron chi connectivity index (χ2n) is 8.26. The van der Waals surface area contributed by atoms with Gasteiger partial charge in [-0.2, -0.15) is 0 Å². The fourth-order valence-corrected chi connectivity index (χ4v) is 4.95. The van der Waals surface area contributed by atoms with E-state index < -0.39 is 0 Å². The highest BCUT2D eigenvalue weighted by Gasteiger charge is 2.17. The number of allylic oxidation sites excluding steroid dienone is 10. The van der Waals surface area contributed by atoms with Crippen molar-refractivity contribution >= 4 is 0 Å². The maximum absolute atomic E-state index is 6.07. The van der Waals surface area contributed by atoms with Crippen LogP contribution in [0.1, 0.15) is 77.0 Å². The summed E-state index contributed by atoms with van der Waals surface area (Å²) in [7, 11) is 0. The first kappa shape index (κ1) is 18.7. The molecule has 0 aliphatic heterocycles. The Bertz CT molecular complexity index is 609. The Morgan fingerprint density at radius 3 is 1.19 bits per heavy atom. The highest BCUT2D eigenvalue weighted by molar-refractivity contribution is 5.50. The first-order valence-corrected chi connectivity index (χ1v) is 11.2. The molecular formula is C26H34O. The Balaban J connectivity index is 1.38. The van der Waals surface area contributed by atoms with Crippen LogP contribution in [0.3, 0.4) is 0 Å². The van der Waals surface area contributed by atoms with Gasteiger partial charge in [0.05, 0.1) is 13.2 Å². The fraction of sp³-hybridized carbons (Fsp3) is 0.538. The first-order valence-electron chi connectivity index (χ1n) is 11.2. The largest absolute Gasteiger partial charge is 0.373 e. The summed E-state index contributed by atoms with van der Waals surface area (Å²) in [5.41, 5.74) is 9.24. The Hall–Kier alpha value is -1.60. The summed E-state index contributed by atoms with van der Waals surface area (Å²) in [4.78, 5) is 0. The van der Waals surface area contributed by atoms with Crippen molar-refractivity contribution in [2.24, 2.45) is 0 Å². The molecule has 0 aromatic carbocycles. The topological polar surface area (TPSA) is 9.23 Å². The molecule has 1 nitrogen and oxygen atoms in total. The minimum Gasteiger partial charge on any atom is -0.373 e. The van der Waals surface area contributed by atoms with E-state index in [-0.39, 0.29) is 0 Å². The molecule has 0 saturated carbocycles. The SMILES string of the molecule is C1=C(C(=CCOCC=C(C2=CCCC2)C2=CCCC2)C2=CCCC2)CCC1. The van der Waals surface area contributed by atoms with Crippen LogP contribution in [0, 0.1) is 0 Å². The van der Waals surface area contributed by atoms with Crippen LogP contribution in [0.5, 0.6) is 0 Å². The molecule has 4 aliphatic rings. The second kappa shape index (κ2) is 9.55. The van der Waals surface area contributed by atoms with E-state index >= 15 is 0 Å². The Labute approximate surface area is 165 Å². The smallest absolute Gasteiger partial charge is 0.0660 e. The van der Waals surface area contributed by atoms with Crippen LogP contribution in [-0.2, 0) is 4.74 Å². The van der Waals surface area contributed by atoms with Gasteiger partial charge < -0.3 is 4.74 Å². The molecule has 0 unspecified atom stereocenters. The molecular weight excluding hydrogens is 328 g/mol. The van der Waals surface area contributed by atoms with Gasteiger partial charge in [-0.25, -0.2) is 0 Å². The van der Waals surface area contributed by atoms with E-state index in [0.717, 1.165) is 13.2 Å². The third kappa shape index (κ3) is 4.82. The molecule has 0 saturated heterocycles. The van der Waals surface area contributed by atoms with Crippen molar-refractivity contribution in [3.63, 3.8) is 0 Å². The van der Waals surface area contributed by atoms with Gasteiger partial charge in [0.2, 0.25) is 0 Å². The summed E-state index contributed by atoms with van der Waals surface area (Å²) >= 11 is 0. The van der Waals surface area contributed by atoms with Crippen molar-refractivity contribution in [1.29, 1.82) is 0 Å². The lowest BCUT2D eigenvalue weighted by atomic mass is 9.96. The van der Waals surface area contributed by atoms with Crippen molar-refractivity contribution in [2.75, 3.05) is 13.2 Å². The van der Waals surface area contributed by atoms with Crippen molar-refractivity contribution < 1.29 is 4.74 Å². The van der Waals surface area contributed by atoms with E-state index in [1.807, 2.05) is 0 Å². The van der Waals surface area contributed by atoms with Crippen molar-refractivity contribution in [3.8, 4) is 0 Å². The molecule has 4 aliphatic carbocycles. The summed E-state index contributed by atoms with van der Waals surface area (Å²) in [6.45, 7) is 1.46. The van der Waals surface area contributed by atoms with E-state index in [9.17, 15) is 0 Å². The van der Waals surface area contributed by atoms with Crippen molar-refractivity contribution in [2.45, 2.75) is 77.0 Å². The van der Waals surface area contributed by atoms with Crippen molar-refractivity contribution in [1.82, 2.24) is 0 Å². The van der Waals surface area contributed by atoms with Gasteiger partial charge in [0, 0.05) is 0 Å². The quantitative estimate of drug-likeness (QED) is 0.412. The fourth-order valence-electron chi connectivity index (χ4n) is 4.95. The normalized spacial score (nSPS) is 21.6. The van der Waals surface area contributed by atoms with Crippen LogP contribution in [0.15, 0.2) is 69.9 Å². The number of ether oxygens (including phenoxy) is 1. The highest BCUT2D eigenvalue weighted by Crippen LogP contribution is 2.35. The highest BCUT2D eigenvalue weighted by atomic mass is 16.5. The molecule has 0 atom stereocenters. The first-order chi connectivity index (χ1) is 13.4. The van der Waals surface area contributed by atoms with Crippen LogP contribution >= 0.6 is 0 Å². The molecule has 0 fully saturated rings. The zero-order valence-electron chi connectivity index (χ0n) is 16.8. The molecule has 27 heavy (non-hydrogen) atoms. The maximum atomic E-state index is 6.07. The Morgan fingerprint density at radius 1 is 0.593 bits per heavy atom. The monoisotopic (exact) mass is 362 g/mol. The second-order valence-corrected chi connectivity index (χ2v) is 8.26. The third-order valence-corrected chi connectivity index (χ3v) is 6.36. The van der Waals surface area contributed by atoms with E-state index in [0.29, 0.717) is 0 Å². The molecule has 1 heteroatoms. The average Bonchev–Trinajstić information content (AvgIpc) is 3.51. The van der Waals surface area contributed by atoms with Gasteiger partial charge in [-0.3, -0.25) is 0 Å². The Morgan fingerprint density at radius 2 is 0.926 bits per heavy atom. The Kier molecular flexibility index (Phi) is 6.63. The minimum absolute atomic E-state index is 0.728. The lowest BCUT2D eigenvalue weighted by Gasteiger charge is -2.12. The van der Waals surface area contributed by atoms with Crippen LogP contribution < -0.4 is 0 Å². The van der Waals surface area contributed by atoms with Crippen LogP contribution in [0.4, 0.5) is 0 Å². The van der Waals surface area contributed by atoms with Crippen LogP contribution in [0.25, 0.3) is 0 Å². The number of hydrogen-bond acceptors (Lipinski definition) is 1. The molecule has 0 spiro atoms. The maximum Gasteiger partial charge on any atom is 0.0660 e. The van der Waals surface area contributed by atoms with E-state index in [1.54, 1.807) is 22.3 Å².